The Bertz CT molecular complexity index is 501. The van der Waals surface area contributed by atoms with E-state index in [-0.39, 0.29) is 32.6 Å². The molecule has 256 valence electrons. The van der Waals surface area contributed by atoms with Crippen LogP contribution in [-0.4, -0.2) is 56.1 Å². The molecule has 0 saturated heterocycles. The Kier molecular flexibility index (Phi) is 47.2. The van der Waals surface area contributed by atoms with E-state index >= 15 is 0 Å². The Morgan fingerprint density at radius 1 is 0.512 bits per heavy atom. The first-order valence-electron chi connectivity index (χ1n) is 17.9. The van der Waals surface area contributed by atoms with Crippen molar-refractivity contribution in [2.75, 3.05) is 23.0 Å². The molecule has 0 aromatic carbocycles. The summed E-state index contributed by atoms with van der Waals surface area (Å²) in [7, 11) is 0. The summed E-state index contributed by atoms with van der Waals surface area (Å²) in [5, 5.41) is 20.1. The quantitative estimate of drug-likeness (QED) is 0.0538. The number of hydrogen-bond acceptors (Lipinski definition) is 6. The summed E-state index contributed by atoms with van der Waals surface area (Å²) in [5.41, 5.74) is 0. The minimum absolute atomic E-state index is 0.0736. The number of unbranched alkanes of at least 4 members (excludes halogenated alkanes) is 14. The molecule has 7 heteroatoms. The molecule has 0 fully saturated rings. The average Bonchev–Trinajstić information content (AvgIpc) is 2.94. The summed E-state index contributed by atoms with van der Waals surface area (Å²) in [4.78, 5) is 20.1. The second kappa shape index (κ2) is 42.4. The van der Waals surface area contributed by atoms with Gasteiger partial charge in [0.15, 0.2) is 0 Å². The molecule has 43 heavy (non-hydrogen) atoms. The molecule has 0 radical (unpaired) electrons. The van der Waals surface area contributed by atoms with Gasteiger partial charge in [0.2, 0.25) is 0 Å². The number of carboxylic acid groups (broad SMARTS) is 2. The van der Waals surface area contributed by atoms with Crippen LogP contribution < -0.4 is 10.2 Å². The third kappa shape index (κ3) is 58.5. The number of thioether (sulfide) groups is 2. The van der Waals surface area contributed by atoms with Crippen molar-refractivity contribution >= 4 is 56.6 Å². The maximum absolute atomic E-state index is 10.0. The zero-order valence-electron chi connectivity index (χ0n) is 29.5. The number of carbonyl (C=O) groups is 2. The second-order valence-corrected chi connectivity index (χ2v) is 19.1. The van der Waals surface area contributed by atoms with Crippen molar-refractivity contribution in [2.45, 2.75) is 179 Å². The molecule has 0 rings (SSSR count). The standard InChI is InChI=1S/2C10H20O2S.2C8H17.Sn/c2*1-9(2)6-4-3-5-7-13-8-10(11)12;2*1-3-5-7-8-6-4-2;/h2*9H,3-8H2,1-2H3,(H,11,12);2*1,3-8H2,2H3;/q;;;;+2/p-2. The zero-order valence-corrected chi connectivity index (χ0v) is 34.0. The third-order valence-electron chi connectivity index (χ3n) is 6.99. The predicted octanol–water partition coefficient (Wildman–Crippen LogP) is 9.62. The Labute approximate surface area is 288 Å². The van der Waals surface area contributed by atoms with E-state index in [0.717, 1.165) is 36.2 Å². The Morgan fingerprint density at radius 2 is 0.837 bits per heavy atom. The number of carbonyl (C=O) groups excluding carboxylic acids is 2. The molecule has 0 amide bonds. The number of aliphatic carboxylic acids is 2. The molecule has 0 aliphatic heterocycles. The Balaban J connectivity index is -0.000000566. The van der Waals surface area contributed by atoms with Crippen molar-refractivity contribution in [3.8, 4) is 0 Å². The molecule has 0 bridgehead atoms. The van der Waals surface area contributed by atoms with Gasteiger partial charge in [0.05, 0.1) is 11.9 Å². The molecule has 0 aliphatic rings. The third-order valence-corrected chi connectivity index (χ3v) is 13.1. The molecular formula is C36H72O4S2Sn. The fraction of sp³-hybridized carbons (Fsp3) is 0.944. The first-order chi connectivity index (χ1) is 20.7. The van der Waals surface area contributed by atoms with Crippen molar-refractivity contribution < 1.29 is 19.8 Å². The summed E-state index contributed by atoms with van der Waals surface area (Å²) in [5.74, 6) is 1.86. The van der Waals surface area contributed by atoms with Gasteiger partial charge in [-0.2, -0.15) is 23.5 Å². The van der Waals surface area contributed by atoms with E-state index < -0.39 is 11.9 Å². The van der Waals surface area contributed by atoms with Crippen LogP contribution in [0.5, 0.6) is 0 Å². The van der Waals surface area contributed by atoms with Gasteiger partial charge in [-0.3, -0.25) is 0 Å². The van der Waals surface area contributed by atoms with Gasteiger partial charge in [0.1, 0.15) is 0 Å². The van der Waals surface area contributed by atoms with E-state index in [1.54, 1.807) is 21.7 Å². The van der Waals surface area contributed by atoms with Gasteiger partial charge in [-0.25, -0.2) is 0 Å². The molecule has 0 aliphatic carbocycles. The van der Waals surface area contributed by atoms with E-state index in [1.807, 2.05) is 0 Å². The molecule has 0 N–H and O–H groups in total. The SMILES string of the molecule is CC(C)CCCCCSCC(=O)[O-].CC(C)CCCCCSCC(=O)[O-].CCCCCCC[CH2][Sn+2][CH2]CCCCCCC. The minimum atomic E-state index is -0.952. The molecule has 0 heterocycles. The molecule has 0 unspecified atom stereocenters. The monoisotopic (exact) mass is 752 g/mol. The van der Waals surface area contributed by atoms with Crippen LogP contribution in [0.4, 0.5) is 0 Å². The number of rotatable bonds is 30. The first-order valence-corrected chi connectivity index (χ1v) is 24.3. The van der Waals surface area contributed by atoms with Gasteiger partial charge in [-0.15, -0.1) is 0 Å². The summed E-state index contributed by atoms with van der Waals surface area (Å²) < 4.78 is 3.31. The van der Waals surface area contributed by atoms with Crippen LogP contribution in [-0.2, 0) is 9.59 Å². The van der Waals surface area contributed by atoms with Crippen LogP contribution in [0.3, 0.4) is 0 Å². The summed E-state index contributed by atoms with van der Waals surface area (Å²) in [6.45, 7) is 13.5. The normalized spacial score (nSPS) is 10.6. The van der Waals surface area contributed by atoms with E-state index in [1.165, 1.54) is 126 Å². The van der Waals surface area contributed by atoms with Crippen molar-refractivity contribution in [1.82, 2.24) is 0 Å². The molecule has 0 spiro atoms. The molecule has 0 saturated carbocycles. The summed E-state index contributed by atoms with van der Waals surface area (Å²) in [6, 6.07) is 0. The van der Waals surface area contributed by atoms with Crippen molar-refractivity contribution in [1.29, 1.82) is 0 Å². The predicted molar refractivity (Wildman–Crippen MR) is 193 cm³/mol. The molecule has 0 aromatic rings. The number of carboxylic acids is 2. The van der Waals surface area contributed by atoms with Gasteiger partial charge in [-0.05, 0) is 36.2 Å². The average molecular weight is 752 g/mol. The summed E-state index contributed by atoms with van der Waals surface area (Å²) in [6.07, 6.45) is 27.6. The molecule has 0 atom stereocenters. The van der Waals surface area contributed by atoms with Gasteiger partial charge in [0.25, 0.3) is 0 Å². The Morgan fingerprint density at radius 3 is 1.16 bits per heavy atom. The zero-order chi connectivity index (χ0) is 32.8. The molecular weight excluding hydrogens is 679 g/mol. The van der Waals surface area contributed by atoms with Crippen LogP contribution in [0.25, 0.3) is 0 Å². The fourth-order valence-corrected chi connectivity index (χ4v) is 9.37. The van der Waals surface area contributed by atoms with E-state index in [2.05, 4.69) is 41.5 Å². The van der Waals surface area contributed by atoms with Gasteiger partial charge in [-0.1, -0.05) is 66.2 Å². The fourth-order valence-electron chi connectivity index (χ4n) is 4.36. The van der Waals surface area contributed by atoms with Crippen LogP contribution in [0.1, 0.15) is 170 Å². The Hall–Kier alpha value is 0.439. The van der Waals surface area contributed by atoms with Crippen molar-refractivity contribution in [3.63, 3.8) is 0 Å². The van der Waals surface area contributed by atoms with Crippen LogP contribution >= 0.6 is 23.5 Å². The van der Waals surface area contributed by atoms with Crippen molar-refractivity contribution in [3.05, 3.63) is 0 Å². The van der Waals surface area contributed by atoms with Gasteiger partial charge < -0.3 is 19.8 Å². The van der Waals surface area contributed by atoms with E-state index in [4.69, 9.17) is 0 Å². The first kappa shape index (κ1) is 47.8. The maximum atomic E-state index is 10.0. The second-order valence-electron chi connectivity index (χ2n) is 12.6. The summed E-state index contributed by atoms with van der Waals surface area (Å²) >= 11 is 2.99. The van der Waals surface area contributed by atoms with Crippen LogP contribution in [0.15, 0.2) is 0 Å². The topological polar surface area (TPSA) is 80.3 Å². The van der Waals surface area contributed by atoms with Gasteiger partial charge in [0, 0.05) is 11.5 Å². The molecule has 0 aromatic heterocycles. The van der Waals surface area contributed by atoms with Gasteiger partial charge >= 0.3 is 121 Å². The van der Waals surface area contributed by atoms with Crippen LogP contribution in [0.2, 0.25) is 8.87 Å². The van der Waals surface area contributed by atoms with Crippen LogP contribution in [0, 0.1) is 11.8 Å². The van der Waals surface area contributed by atoms with Crippen molar-refractivity contribution in [2.24, 2.45) is 11.8 Å². The van der Waals surface area contributed by atoms with E-state index in [0.29, 0.717) is 0 Å². The molecule has 4 nitrogen and oxygen atoms in total. The number of hydrogen-bond donors (Lipinski definition) is 0. The van der Waals surface area contributed by atoms with E-state index in [9.17, 15) is 19.8 Å².